The van der Waals surface area contributed by atoms with Crippen molar-refractivity contribution in [2.45, 2.75) is 11.8 Å². The molecule has 0 aliphatic heterocycles. The Morgan fingerprint density at radius 2 is 1.88 bits per heavy atom. The Morgan fingerprint density at radius 3 is 2.50 bits per heavy atom. The maximum atomic E-state index is 13.4. The molecule has 6 nitrogen and oxygen atoms in total. The fourth-order valence-electron chi connectivity index (χ4n) is 2.09. The molecule has 0 saturated heterocycles. The fraction of sp³-hybridized carbons (Fsp3) is 0.188. The molecule has 24 heavy (non-hydrogen) atoms. The third-order valence-corrected chi connectivity index (χ3v) is 4.78. The van der Waals surface area contributed by atoms with Crippen LogP contribution in [0.1, 0.15) is 15.9 Å². The van der Waals surface area contributed by atoms with Crippen LogP contribution in [0.2, 0.25) is 0 Å². The van der Waals surface area contributed by atoms with E-state index in [1.54, 1.807) is 6.92 Å². The number of ether oxygens (including phenoxy) is 2. The van der Waals surface area contributed by atoms with Gasteiger partial charge in [-0.1, -0.05) is 6.07 Å². The van der Waals surface area contributed by atoms with Crippen molar-refractivity contribution in [2.24, 2.45) is 0 Å². The molecule has 0 fully saturated rings. The maximum Gasteiger partial charge on any atom is 0.338 e. The molecule has 8 heteroatoms. The number of esters is 1. The van der Waals surface area contributed by atoms with Crippen molar-refractivity contribution in [3.63, 3.8) is 0 Å². The van der Waals surface area contributed by atoms with Gasteiger partial charge in [0.25, 0.3) is 10.0 Å². The van der Waals surface area contributed by atoms with Crippen LogP contribution >= 0.6 is 0 Å². The molecular formula is C16H16FNO5S. The smallest absolute Gasteiger partial charge is 0.338 e. The Bertz CT molecular complexity index is 880. The van der Waals surface area contributed by atoms with Crippen LogP contribution in [0.3, 0.4) is 0 Å². The molecule has 0 amide bonds. The molecule has 0 atom stereocenters. The standard InChI is InChI=1S/C16H16FNO5S/c1-10-12(16(19)23-3)5-4-6-14(10)18-24(20,21)11-7-8-13(17)15(9-11)22-2/h4-9,18H,1-3H3. The molecule has 0 aromatic heterocycles. The van der Waals surface area contributed by atoms with Crippen LogP contribution < -0.4 is 9.46 Å². The van der Waals surface area contributed by atoms with E-state index in [-0.39, 0.29) is 21.9 Å². The third-order valence-electron chi connectivity index (χ3n) is 3.42. The molecule has 0 spiro atoms. The summed E-state index contributed by atoms with van der Waals surface area (Å²) in [5.74, 6) is -1.42. The van der Waals surface area contributed by atoms with Crippen LogP contribution in [0, 0.1) is 12.7 Å². The van der Waals surface area contributed by atoms with Gasteiger partial charge < -0.3 is 9.47 Å². The summed E-state index contributed by atoms with van der Waals surface area (Å²) in [4.78, 5) is 11.5. The highest BCUT2D eigenvalue weighted by Crippen LogP contribution is 2.26. The van der Waals surface area contributed by atoms with Gasteiger partial charge in [-0.2, -0.15) is 0 Å². The first-order valence-corrected chi connectivity index (χ1v) is 8.32. The van der Waals surface area contributed by atoms with E-state index in [1.165, 1.54) is 32.4 Å². The van der Waals surface area contributed by atoms with Crippen molar-refractivity contribution >= 4 is 21.7 Å². The molecule has 0 heterocycles. The number of benzene rings is 2. The summed E-state index contributed by atoms with van der Waals surface area (Å²) >= 11 is 0. The van der Waals surface area contributed by atoms with Crippen LogP contribution in [0.4, 0.5) is 10.1 Å². The summed E-state index contributed by atoms with van der Waals surface area (Å²) in [6, 6.07) is 7.78. The summed E-state index contributed by atoms with van der Waals surface area (Å²) < 4.78 is 50.2. The zero-order valence-electron chi connectivity index (χ0n) is 13.3. The zero-order chi connectivity index (χ0) is 17.9. The van der Waals surface area contributed by atoms with E-state index in [9.17, 15) is 17.6 Å². The van der Waals surface area contributed by atoms with Crippen molar-refractivity contribution in [2.75, 3.05) is 18.9 Å². The first-order chi connectivity index (χ1) is 11.3. The molecule has 2 aromatic rings. The minimum atomic E-state index is -3.98. The maximum absolute atomic E-state index is 13.4. The number of halogens is 1. The lowest BCUT2D eigenvalue weighted by Crippen LogP contribution is -2.15. The van der Waals surface area contributed by atoms with E-state index in [4.69, 9.17) is 4.74 Å². The monoisotopic (exact) mass is 353 g/mol. The lowest BCUT2D eigenvalue weighted by molar-refractivity contribution is 0.0600. The molecular weight excluding hydrogens is 337 g/mol. The van der Waals surface area contributed by atoms with Crippen LogP contribution in [-0.2, 0) is 14.8 Å². The Morgan fingerprint density at radius 1 is 1.17 bits per heavy atom. The number of carbonyl (C=O) groups is 1. The molecule has 1 N–H and O–H groups in total. The predicted octanol–water partition coefficient (Wildman–Crippen LogP) is 2.73. The zero-order valence-corrected chi connectivity index (χ0v) is 14.1. The van der Waals surface area contributed by atoms with Gasteiger partial charge in [-0.15, -0.1) is 0 Å². The van der Waals surface area contributed by atoms with Gasteiger partial charge in [0.2, 0.25) is 0 Å². The van der Waals surface area contributed by atoms with Crippen molar-refractivity contribution in [1.82, 2.24) is 0 Å². The molecule has 128 valence electrons. The minimum Gasteiger partial charge on any atom is -0.494 e. The quantitative estimate of drug-likeness (QED) is 0.836. The summed E-state index contributed by atoms with van der Waals surface area (Å²) in [6.45, 7) is 1.59. The van der Waals surface area contributed by atoms with Gasteiger partial charge in [0.1, 0.15) is 0 Å². The Hall–Kier alpha value is -2.61. The van der Waals surface area contributed by atoms with E-state index < -0.39 is 21.8 Å². The molecule has 0 bridgehead atoms. The lowest BCUT2D eigenvalue weighted by atomic mass is 10.1. The average Bonchev–Trinajstić information content (AvgIpc) is 2.56. The van der Waals surface area contributed by atoms with Gasteiger partial charge in [0.15, 0.2) is 11.6 Å². The van der Waals surface area contributed by atoms with Crippen LogP contribution in [-0.4, -0.2) is 28.6 Å². The van der Waals surface area contributed by atoms with Gasteiger partial charge in [-0.05, 0) is 36.8 Å². The Kier molecular flexibility index (Phi) is 5.08. The summed E-state index contributed by atoms with van der Waals surface area (Å²) in [7, 11) is -1.50. The highest BCUT2D eigenvalue weighted by atomic mass is 32.2. The number of rotatable bonds is 5. The molecule has 2 aromatic carbocycles. The second-order valence-corrected chi connectivity index (χ2v) is 6.55. The van der Waals surface area contributed by atoms with E-state index in [0.717, 1.165) is 18.2 Å². The molecule has 0 aliphatic carbocycles. The normalized spacial score (nSPS) is 11.0. The summed E-state index contributed by atoms with van der Waals surface area (Å²) in [6.07, 6.45) is 0. The van der Waals surface area contributed by atoms with Gasteiger partial charge in [-0.3, -0.25) is 4.72 Å². The van der Waals surface area contributed by atoms with Crippen LogP contribution in [0.15, 0.2) is 41.3 Å². The first-order valence-electron chi connectivity index (χ1n) is 6.84. The average molecular weight is 353 g/mol. The highest BCUT2D eigenvalue weighted by Gasteiger charge is 2.19. The second-order valence-electron chi connectivity index (χ2n) is 4.87. The topological polar surface area (TPSA) is 81.7 Å². The summed E-state index contributed by atoms with van der Waals surface area (Å²) in [5, 5.41) is 0. The van der Waals surface area contributed by atoms with Gasteiger partial charge >= 0.3 is 5.97 Å². The summed E-state index contributed by atoms with van der Waals surface area (Å²) in [5.41, 5.74) is 0.887. The first kappa shape index (κ1) is 17.7. The SMILES string of the molecule is COC(=O)c1cccc(NS(=O)(=O)c2ccc(F)c(OC)c2)c1C. The molecule has 0 unspecified atom stereocenters. The van der Waals surface area contributed by atoms with E-state index in [0.29, 0.717) is 5.56 Å². The number of carbonyl (C=O) groups excluding carboxylic acids is 1. The van der Waals surface area contributed by atoms with Gasteiger partial charge in [-0.25, -0.2) is 17.6 Å². The lowest BCUT2D eigenvalue weighted by Gasteiger charge is -2.13. The number of hydrogen-bond donors (Lipinski definition) is 1. The Balaban J connectivity index is 2.42. The molecule has 0 radical (unpaired) electrons. The fourth-order valence-corrected chi connectivity index (χ4v) is 3.23. The highest BCUT2D eigenvalue weighted by molar-refractivity contribution is 7.92. The second kappa shape index (κ2) is 6.88. The number of nitrogens with one attached hydrogen (secondary N) is 1. The van der Waals surface area contributed by atoms with Crippen molar-refractivity contribution in [3.8, 4) is 5.75 Å². The Labute approximate surface area is 139 Å². The minimum absolute atomic E-state index is 0.163. The van der Waals surface area contributed by atoms with E-state index in [1.807, 2.05) is 0 Å². The van der Waals surface area contributed by atoms with Crippen LogP contribution in [0.25, 0.3) is 0 Å². The van der Waals surface area contributed by atoms with E-state index >= 15 is 0 Å². The number of anilines is 1. The predicted molar refractivity (Wildman–Crippen MR) is 86.3 cm³/mol. The molecule has 0 saturated carbocycles. The molecule has 0 aliphatic rings. The largest absolute Gasteiger partial charge is 0.494 e. The van der Waals surface area contributed by atoms with Crippen molar-refractivity contribution < 1.29 is 27.1 Å². The van der Waals surface area contributed by atoms with Gasteiger partial charge in [0.05, 0.1) is 30.4 Å². The third kappa shape index (κ3) is 3.48. The van der Waals surface area contributed by atoms with E-state index in [2.05, 4.69) is 9.46 Å². The number of hydrogen-bond acceptors (Lipinski definition) is 5. The number of methoxy groups -OCH3 is 2. The van der Waals surface area contributed by atoms with Crippen molar-refractivity contribution in [3.05, 3.63) is 53.3 Å². The van der Waals surface area contributed by atoms with Gasteiger partial charge in [0, 0.05) is 6.07 Å². The number of sulfonamides is 1. The van der Waals surface area contributed by atoms with Crippen LogP contribution in [0.5, 0.6) is 5.75 Å². The molecule has 2 rings (SSSR count). The van der Waals surface area contributed by atoms with Crippen molar-refractivity contribution in [1.29, 1.82) is 0 Å².